The number of hydrogen-bond acceptors (Lipinski definition) is 6. The van der Waals surface area contributed by atoms with E-state index in [1.807, 2.05) is 0 Å². The van der Waals surface area contributed by atoms with E-state index < -0.39 is 6.61 Å². The number of halogens is 2. The van der Waals surface area contributed by atoms with E-state index in [2.05, 4.69) is 4.74 Å². The summed E-state index contributed by atoms with van der Waals surface area (Å²) in [5.74, 6) is -1.34. The van der Waals surface area contributed by atoms with Crippen molar-refractivity contribution in [3.63, 3.8) is 0 Å². The number of ether oxygens (including phenoxy) is 1. The van der Waals surface area contributed by atoms with Crippen LogP contribution in [-0.2, 0) is 0 Å². The number of phenols is 3. The first-order valence-electron chi connectivity index (χ1n) is 6.93. The Morgan fingerprint density at radius 2 is 1.36 bits per heavy atom. The summed E-state index contributed by atoms with van der Waals surface area (Å²) in [5, 5.41) is 27.2. The molecule has 3 N–H and O–H groups in total. The first-order chi connectivity index (χ1) is 11.6. The third-order valence-electron chi connectivity index (χ3n) is 2.93. The second-order valence-electron chi connectivity index (χ2n) is 4.87. The molecule has 0 saturated heterocycles. The van der Waals surface area contributed by atoms with Crippen LogP contribution in [0, 0.1) is 0 Å². The van der Waals surface area contributed by atoms with Crippen molar-refractivity contribution in [1.29, 1.82) is 0 Å². The monoisotopic (exact) mass is 354 g/mol. The molecule has 0 aliphatic carbocycles. The molecule has 0 heterocycles. The van der Waals surface area contributed by atoms with Crippen molar-refractivity contribution in [2.45, 2.75) is 20.5 Å². The highest BCUT2D eigenvalue weighted by Gasteiger charge is 2.10. The van der Waals surface area contributed by atoms with Gasteiger partial charge in [0.2, 0.25) is 0 Å². The van der Waals surface area contributed by atoms with E-state index in [1.165, 1.54) is 38.1 Å². The summed E-state index contributed by atoms with van der Waals surface area (Å²) in [6, 6.07) is 7.28. The number of carbonyl (C=O) groups excluding carboxylic acids is 2. The zero-order valence-corrected chi connectivity index (χ0v) is 13.4. The van der Waals surface area contributed by atoms with E-state index in [9.17, 15) is 23.5 Å². The van der Waals surface area contributed by atoms with Gasteiger partial charge in [0.1, 0.15) is 23.0 Å². The molecule has 0 atom stereocenters. The first-order valence-corrected chi connectivity index (χ1v) is 6.93. The summed E-state index contributed by atoms with van der Waals surface area (Å²) in [6.07, 6.45) is 0. The molecule has 0 aliphatic heterocycles. The van der Waals surface area contributed by atoms with Crippen molar-refractivity contribution in [2.75, 3.05) is 0 Å². The normalized spacial score (nSPS) is 9.96. The van der Waals surface area contributed by atoms with Gasteiger partial charge in [-0.05, 0) is 38.1 Å². The van der Waals surface area contributed by atoms with E-state index in [0.717, 1.165) is 12.1 Å². The molecule has 0 amide bonds. The van der Waals surface area contributed by atoms with Gasteiger partial charge in [-0.15, -0.1) is 0 Å². The number of carbonyl (C=O) groups is 2. The highest BCUT2D eigenvalue weighted by molar-refractivity contribution is 5.97. The highest BCUT2D eigenvalue weighted by atomic mass is 19.3. The third kappa shape index (κ3) is 6.09. The van der Waals surface area contributed by atoms with Crippen LogP contribution in [0.1, 0.15) is 34.6 Å². The fraction of sp³-hybridized carbons (Fsp3) is 0.176. The van der Waals surface area contributed by atoms with E-state index in [-0.39, 0.29) is 45.7 Å². The lowest BCUT2D eigenvalue weighted by Crippen LogP contribution is -2.02. The molecular formula is C17H16F2O6. The van der Waals surface area contributed by atoms with Crippen molar-refractivity contribution >= 4 is 11.6 Å². The van der Waals surface area contributed by atoms with Crippen molar-refractivity contribution in [3.05, 3.63) is 47.5 Å². The van der Waals surface area contributed by atoms with Crippen LogP contribution >= 0.6 is 0 Å². The molecule has 2 aromatic rings. The maximum absolute atomic E-state index is 11.7. The Bertz CT molecular complexity index is 774. The van der Waals surface area contributed by atoms with E-state index >= 15 is 0 Å². The Labute approximate surface area is 141 Å². The molecule has 25 heavy (non-hydrogen) atoms. The molecule has 8 heteroatoms. The van der Waals surface area contributed by atoms with E-state index in [1.54, 1.807) is 0 Å². The first kappa shape index (κ1) is 19.9. The average Bonchev–Trinajstić information content (AvgIpc) is 2.46. The summed E-state index contributed by atoms with van der Waals surface area (Å²) < 4.78 is 27.5. The number of alkyl halides is 2. The molecule has 0 bridgehead atoms. The summed E-state index contributed by atoms with van der Waals surface area (Å²) in [5.41, 5.74) is 0.300. The van der Waals surface area contributed by atoms with Crippen LogP contribution in [0.5, 0.6) is 23.0 Å². The smallest absolute Gasteiger partial charge is 0.387 e. The van der Waals surface area contributed by atoms with Crippen LogP contribution < -0.4 is 4.74 Å². The minimum atomic E-state index is -2.95. The Kier molecular flexibility index (Phi) is 6.86. The van der Waals surface area contributed by atoms with Crippen LogP contribution in [0.2, 0.25) is 0 Å². The fourth-order valence-electron chi connectivity index (χ4n) is 1.80. The predicted molar refractivity (Wildman–Crippen MR) is 84.5 cm³/mol. The zero-order chi connectivity index (χ0) is 19.1. The van der Waals surface area contributed by atoms with E-state index in [4.69, 9.17) is 10.2 Å². The van der Waals surface area contributed by atoms with Gasteiger partial charge in [-0.2, -0.15) is 8.78 Å². The van der Waals surface area contributed by atoms with Crippen molar-refractivity contribution in [2.24, 2.45) is 0 Å². The molecule has 2 aromatic carbocycles. The van der Waals surface area contributed by atoms with E-state index in [0.29, 0.717) is 0 Å². The molecule has 6 nitrogen and oxygen atoms in total. The molecule has 0 radical (unpaired) electrons. The number of hydrogen-bond donors (Lipinski definition) is 3. The lowest BCUT2D eigenvalue weighted by atomic mass is 10.1. The quantitative estimate of drug-likeness (QED) is 0.726. The Balaban J connectivity index is 0.000000257. The standard InChI is InChI=1S/C9H8F2O3.C8H8O3/c1-5(12)7-3-2-6(4-8(7)13)14-9(10)11;1-5(9)7-3-2-6(10)4-8(7)11/h2-4,9,13H,1H3;2-4,10-11H,1H3. The minimum Gasteiger partial charge on any atom is -0.508 e. The number of rotatable bonds is 4. The van der Waals surface area contributed by atoms with Gasteiger partial charge in [0, 0.05) is 12.1 Å². The average molecular weight is 354 g/mol. The molecule has 0 aliphatic rings. The van der Waals surface area contributed by atoms with Crippen LogP contribution in [0.25, 0.3) is 0 Å². The molecule has 0 aromatic heterocycles. The van der Waals surface area contributed by atoms with Crippen molar-refractivity contribution in [3.8, 4) is 23.0 Å². The lowest BCUT2D eigenvalue weighted by molar-refractivity contribution is -0.0499. The van der Waals surface area contributed by atoms with Gasteiger partial charge in [0.25, 0.3) is 0 Å². The summed E-state index contributed by atoms with van der Waals surface area (Å²) in [7, 11) is 0. The summed E-state index contributed by atoms with van der Waals surface area (Å²) in [4.78, 5) is 21.6. The zero-order valence-electron chi connectivity index (χ0n) is 13.4. The minimum absolute atomic E-state index is 0.0486. The number of phenolic OH excluding ortho intramolecular Hbond substituents is 3. The largest absolute Gasteiger partial charge is 0.508 e. The molecule has 0 fully saturated rings. The highest BCUT2D eigenvalue weighted by Crippen LogP contribution is 2.25. The number of aromatic hydroxyl groups is 3. The van der Waals surface area contributed by atoms with Gasteiger partial charge < -0.3 is 20.1 Å². The fourth-order valence-corrected chi connectivity index (χ4v) is 1.80. The Hall–Kier alpha value is -3.16. The van der Waals surface area contributed by atoms with Gasteiger partial charge in [0.15, 0.2) is 11.6 Å². The van der Waals surface area contributed by atoms with Gasteiger partial charge in [-0.1, -0.05) is 0 Å². The summed E-state index contributed by atoms with van der Waals surface area (Å²) >= 11 is 0. The Morgan fingerprint density at radius 1 is 0.880 bits per heavy atom. The van der Waals surface area contributed by atoms with Crippen LogP contribution in [0.4, 0.5) is 8.78 Å². The van der Waals surface area contributed by atoms with Crippen molar-refractivity contribution in [1.82, 2.24) is 0 Å². The third-order valence-corrected chi connectivity index (χ3v) is 2.93. The molecule has 134 valence electrons. The lowest BCUT2D eigenvalue weighted by Gasteiger charge is -2.06. The van der Waals surface area contributed by atoms with Crippen LogP contribution in [-0.4, -0.2) is 33.5 Å². The van der Waals surface area contributed by atoms with Crippen LogP contribution in [0.15, 0.2) is 36.4 Å². The van der Waals surface area contributed by atoms with Gasteiger partial charge in [-0.25, -0.2) is 0 Å². The maximum Gasteiger partial charge on any atom is 0.387 e. The molecule has 0 spiro atoms. The second kappa shape index (κ2) is 8.62. The number of ketones is 2. The summed E-state index contributed by atoms with van der Waals surface area (Å²) in [6.45, 7) is -0.327. The SMILES string of the molecule is CC(=O)c1ccc(O)cc1O.CC(=O)c1ccc(OC(F)F)cc1O. The van der Waals surface area contributed by atoms with Gasteiger partial charge in [0.05, 0.1) is 11.1 Å². The van der Waals surface area contributed by atoms with Crippen LogP contribution in [0.3, 0.4) is 0 Å². The second-order valence-corrected chi connectivity index (χ2v) is 4.87. The Morgan fingerprint density at radius 3 is 1.76 bits per heavy atom. The predicted octanol–water partition coefficient (Wildman–Crippen LogP) is 3.50. The molecule has 0 saturated carbocycles. The maximum atomic E-state index is 11.7. The topological polar surface area (TPSA) is 104 Å². The molecule has 0 unspecified atom stereocenters. The molecular weight excluding hydrogens is 338 g/mol. The van der Waals surface area contributed by atoms with Crippen molar-refractivity contribution < 1.29 is 38.4 Å². The van der Waals surface area contributed by atoms with Gasteiger partial charge >= 0.3 is 6.61 Å². The molecule has 2 rings (SSSR count). The number of Topliss-reactive ketones (excluding diaryl/α,β-unsaturated/α-hetero) is 2. The number of benzene rings is 2. The van der Waals surface area contributed by atoms with Gasteiger partial charge in [-0.3, -0.25) is 9.59 Å².